The van der Waals surface area contributed by atoms with Gasteiger partial charge in [0.05, 0.1) is 17.2 Å². The normalized spacial score (nSPS) is 18.4. The predicted molar refractivity (Wildman–Crippen MR) is 87.8 cm³/mol. The zero-order valence-corrected chi connectivity index (χ0v) is 13.3. The van der Waals surface area contributed by atoms with E-state index < -0.39 is 5.54 Å². The number of nitrogens with one attached hydrogen (secondary N) is 1. The van der Waals surface area contributed by atoms with E-state index in [1.54, 1.807) is 11.8 Å². The molecule has 0 aliphatic carbocycles. The summed E-state index contributed by atoms with van der Waals surface area (Å²) in [5.74, 6) is 0.566. The van der Waals surface area contributed by atoms with Crippen LogP contribution in [0.4, 0.5) is 0 Å². The molecular formula is C16H22N2O2S. The van der Waals surface area contributed by atoms with Crippen LogP contribution in [0, 0.1) is 0 Å². The summed E-state index contributed by atoms with van der Waals surface area (Å²) >= 11 is 1.61. The van der Waals surface area contributed by atoms with Gasteiger partial charge in [-0.1, -0.05) is 44.2 Å². The molecule has 0 saturated heterocycles. The molecule has 1 atom stereocenters. The maximum atomic E-state index is 12.4. The molecule has 0 aromatic heterocycles. The molecular weight excluding hydrogens is 284 g/mol. The number of carbonyl (C=O) groups is 1. The average Bonchev–Trinajstić information content (AvgIpc) is 3.04. The number of amides is 1. The second kappa shape index (κ2) is 7.09. The Hall–Kier alpha value is -1.33. The molecule has 5 heteroatoms. The number of rotatable bonds is 6. The van der Waals surface area contributed by atoms with Gasteiger partial charge in [-0.15, -0.1) is 11.8 Å². The predicted octanol–water partition coefficient (Wildman–Crippen LogP) is 2.22. The summed E-state index contributed by atoms with van der Waals surface area (Å²) in [6.07, 6.45) is 1.42. The number of aliphatic hydroxyl groups is 1. The third-order valence-electron chi connectivity index (χ3n) is 4.02. The van der Waals surface area contributed by atoms with Gasteiger partial charge >= 0.3 is 0 Å². The number of benzene rings is 1. The summed E-state index contributed by atoms with van der Waals surface area (Å²) in [6.45, 7) is 3.91. The highest BCUT2D eigenvalue weighted by Crippen LogP contribution is 2.24. The smallest absolute Gasteiger partial charge is 0.246 e. The highest BCUT2D eigenvalue weighted by Gasteiger charge is 2.32. The Morgan fingerprint density at radius 1 is 1.38 bits per heavy atom. The molecule has 0 bridgehead atoms. The van der Waals surface area contributed by atoms with E-state index in [0.29, 0.717) is 18.6 Å². The molecule has 1 aliphatic rings. The van der Waals surface area contributed by atoms with Crippen LogP contribution in [0.2, 0.25) is 0 Å². The number of carbonyl (C=O) groups excluding carboxylic acids is 1. The van der Waals surface area contributed by atoms with Gasteiger partial charge in [-0.2, -0.15) is 0 Å². The number of thioether (sulfide) groups is 1. The van der Waals surface area contributed by atoms with Crippen molar-refractivity contribution in [2.45, 2.75) is 38.3 Å². The molecule has 2 rings (SSSR count). The minimum absolute atomic E-state index is 0.0408. The van der Waals surface area contributed by atoms with Crippen LogP contribution >= 0.6 is 11.8 Å². The highest BCUT2D eigenvalue weighted by molar-refractivity contribution is 8.14. The first-order valence-electron chi connectivity index (χ1n) is 7.33. The van der Waals surface area contributed by atoms with E-state index in [1.165, 1.54) is 0 Å². The Bertz CT molecular complexity index is 504. The molecule has 0 spiro atoms. The van der Waals surface area contributed by atoms with E-state index in [2.05, 4.69) is 10.3 Å². The summed E-state index contributed by atoms with van der Waals surface area (Å²) in [6, 6.07) is 9.54. The summed E-state index contributed by atoms with van der Waals surface area (Å²) < 4.78 is 0. The van der Waals surface area contributed by atoms with Crippen molar-refractivity contribution in [1.29, 1.82) is 0 Å². The Labute approximate surface area is 130 Å². The van der Waals surface area contributed by atoms with Gasteiger partial charge < -0.3 is 10.4 Å². The Kier molecular flexibility index (Phi) is 5.42. The first-order chi connectivity index (χ1) is 10.1. The largest absolute Gasteiger partial charge is 0.394 e. The van der Waals surface area contributed by atoms with Crippen LogP contribution in [-0.2, 0) is 4.79 Å². The summed E-state index contributed by atoms with van der Waals surface area (Å²) in [5.41, 5.74) is 0.532. The van der Waals surface area contributed by atoms with Gasteiger partial charge in [0.25, 0.3) is 0 Å². The standard InChI is InChI=1S/C16H22N2O2S/c1-3-16(4-2,11-19)18-14(20)13-10-21-15(17-13)12-8-6-5-7-9-12/h5-9,13,19H,3-4,10-11H2,1-2H3,(H,18,20). The minimum Gasteiger partial charge on any atom is -0.394 e. The lowest BCUT2D eigenvalue weighted by Crippen LogP contribution is -2.53. The van der Waals surface area contributed by atoms with Crippen molar-refractivity contribution in [1.82, 2.24) is 5.32 Å². The second-order valence-electron chi connectivity index (χ2n) is 5.26. The lowest BCUT2D eigenvalue weighted by Gasteiger charge is -2.31. The van der Waals surface area contributed by atoms with E-state index in [9.17, 15) is 9.90 Å². The number of hydrogen-bond acceptors (Lipinski definition) is 4. The zero-order valence-electron chi connectivity index (χ0n) is 12.5. The SMILES string of the molecule is CCC(CC)(CO)NC(=O)C1CSC(c2ccccc2)=N1. The van der Waals surface area contributed by atoms with Gasteiger partial charge in [0, 0.05) is 11.3 Å². The van der Waals surface area contributed by atoms with Crippen molar-refractivity contribution < 1.29 is 9.90 Å². The molecule has 1 amide bonds. The molecule has 0 fully saturated rings. The number of aliphatic imine (C=N–C) groups is 1. The quantitative estimate of drug-likeness (QED) is 0.847. The van der Waals surface area contributed by atoms with Crippen LogP contribution in [0.1, 0.15) is 32.3 Å². The summed E-state index contributed by atoms with van der Waals surface area (Å²) in [4.78, 5) is 16.9. The lowest BCUT2D eigenvalue weighted by atomic mass is 9.93. The second-order valence-corrected chi connectivity index (χ2v) is 6.27. The minimum atomic E-state index is -0.521. The zero-order chi connectivity index (χ0) is 15.3. The number of nitrogens with zero attached hydrogens (tertiary/aromatic N) is 1. The van der Waals surface area contributed by atoms with E-state index in [4.69, 9.17) is 0 Å². The van der Waals surface area contributed by atoms with Crippen LogP contribution in [0.25, 0.3) is 0 Å². The van der Waals surface area contributed by atoms with E-state index in [-0.39, 0.29) is 18.6 Å². The molecule has 1 unspecified atom stereocenters. The van der Waals surface area contributed by atoms with Crippen molar-refractivity contribution in [3.05, 3.63) is 35.9 Å². The van der Waals surface area contributed by atoms with Crippen LogP contribution in [0.5, 0.6) is 0 Å². The third kappa shape index (κ3) is 3.66. The highest BCUT2D eigenvalue weighted by atomic mass is 32.2. The molecule has 2 N–H and O–H groups in total. The molecule has 1 aromatic rings. The number of hydrogen-bond donors (Lipinski definition) is 2. The van der Waals surface area contributed by atoms with E-state index >= 15 is 0 Å². The Morgan fingerprint density at radius 3 is 2.62 bits per heavy atom. The molecule has 4 nitrogen and oxygen atoms in total. The Morgan fingerprint density at radius 2 is 2.05 bits per heavy atom. The first kappa shape index (κ1) is 16.0. The van der Waals surface area contributed by atoms with Crippen LogP contribution in [0.3, 0.4) is 0 Å². The van der Waals surface area contributed by atoms with Crippen molar-refractivity contribution >= 4 is 22.7 Å². The molecule has 1 aromatic carbocycles. The van der Waals surface area contributed by atoms with Gasteiger partial charge in [0.1, 0.15) is 6.04 Å². The fourth-order valence-corrected chi connectivity index (χ4v) is 3.33. The first-order valence-corrected chi connectivity index (χ1v) is 8.31. The summed E-state index contributed by atoms with van der Waals surface area (Å²) in [7, 11) is 0. The molecule has 0 saturated carbocycles. The van der Waals surface area contributed by atoms with Crippen molar-refractivity contribution in [2.24, 2.45) is 4.99 Å². The Balaban J connectivity index is 2.07. The van der Waals surface area contributed by atoms with Gasteiger partial charge in [-0.3, -0.25) is 9.79 Å². The average molecular weight is 306 g/mol. The maximum absolute atomic E-state index is 12.4. The van der Waals surface area contributed by atoms with Gasteiger partial charge in [0.15, 0.2) is 0 Å². The van der Waals surface area contributed by atoms with Crippen LogP contribution in [-0.4, -0.2) is 40.0 Å². The summed E-state index contributed by atoms with van der Waals surface area (Å²) in [5, 5.41) is 13.4. The molecule has 0 radical (unpaired) electrons. The van der Waals surface area contributed by atoms with Crippen LogP contribution in [0.15, 0.2) is 35.3 Å². The van der Waals surface area contributed by atoms with Gasteiger partial charge in [-0.05, 0) is 12.8 Å². The fraction of sp³-hybridized carbons (Fsp3) is 0.500. The van der Waals surface area contributed by atoms with Gasteiger partial charge in [0.2, 0.25) is 5.91 Å². The molecule has 21 heavy (non-hydrogen) atoms. The lowest BCUT2D eigenvalue weighted by molar-refractivity contribution is -0.124. The fourth-order valence-electron chi connectivity index (χ4n) is 2.28. The van der Waals surface area contributed by atoms with E-state index in [0.717, 1.165) is 10.6 Å². The van der Waals surface area contributed by atoms with Gasteiger partial charge in [-0.25, -0.2) is 0 Å². The topological polar surface area (TPSA) is 61.7 Å². The van der Waals surface area contributed by atoms with Crippen molar-refractivity contribution in [2.75, 3.05) is 12.4 Å². The van der Waals surface area contributed by atoms with E-state index in [1.807, 2.05) is 44.2 Å². The third-order valence-corrected chi connectivity index (χ3v) is 5.12. The maximum Gasteiger partial charge on any atom is 0.246 e. The number of aliphatic hydroxyl groups excluding tert-OH is 1. The molecule has 1 aliphatic heterocycles. The van der Waals surface area contributed by atoms with Crippen molar-refractivity contribution in [3.63, 3.8) is 0 Å². The van der Waals surface area contributed by atoms with Crippen molar-refractivity contribution in [3.8, 4) is 0 Å². The molecule has 114 valence electrons. The monoisotopic (exact) mass is 306 g/mol. The molecule has 1 heterocycles. The van der Waals surface area contributed by atoms with Crippen LogP contribution < -0.4 is 5.32 Å².